The van der Waals surface area contributed by atoms with Gasteiger partial charge in [0.05, 0.1) is 0 Å². The zero-order valence-electron chi connectivity index (χ0n) is 11.7. The van der Waals surface area contributed by atoms with Crippen molar-refractivity contribution >= 4 is 0 Å². The number of hydrogen-bond acceptors (Lipinski definition) is 1. The van der Waals surface area contributed by atoms with Crippen molar-refractivity contribution in [1.29, 1.82) is 0 Å². The summed E-state index contributed by atoms with van der Waals surface area (Å²) in [6.45, 7) is 2.25. The molecule has 1 saturated carbocycles. The van der Waals surface area contributed by atoms with E-state index in [1.807, 2.05) is 0 Å². The number of nitrogens with two attached hydrogens (primary N) is 1. The monoisotopic (exact) mass is 245 g/mol. The average Bonchev–Trinajstić information content (AvgIpc) is 2.33. The Balaban J connectivity index is 1.86. The van der Waals surface area contributed by atoms with Crippen LogP contribution in [0.25, 0.3) is 0 Å². The molecule has 2 N–H and O–H groups in total. The molecule has 0 radical (unpaired) electrons. The van der Waals surface area contributed by atoms with Gasteiger partial charge in [-0.1, -0.05) is 63.3 Å². The third-order valence-electron chi connectivity index (χ3n) is 4.28. The van der Waals surface area contributed by atoms with Gasteiger partial charge in [0.2, 0.25) is 0 Å². The van der Waals surface area contributed by atoms with Crippen molar-refractivity contribution in [2.75, 3.05) is 0 Å². The van der Waals surface area contributed by atoms with Crippen LogP contribution in [0.4, 0.5) is 0 Å². The molecule has 0 saturated heterocycles. The van der Waals surface area contributed by atoms with E-state index < -0.39 is 0 Å². The lowest BCUT2D eigenvalue weighted by Crippen LogP contribution is -2.13. The molecule has 0 bridgehead atoms. The third-order valence-corrected chi connectivity index (χ3v) is 4.28. The van der Waals surface area contributed by atoms with Crippen LogP contribution in [-0.4, -0.2) is 0 Å². The van der Waals surface area contributed by atoms with Crippen LogP contribution >= 0.6 is 0 Å². The number of rotatable bonds is 7. The van der Waals surface area contributed by atoms with Crippen molar-refractivity contribution in [3.63, 3.8) is 0 Å². The summed E-state index contributed by atoms with van der Waals surface area (Å²) in [5.41, 5.74) is 9.17. The predicted molar refractivity (Wildman–Crippen MR) is 78.7 cm³/mol. The van der Waals surface area contributed by atoms with Crippen molar-refractivity contribution in [2.45, 2.75) is 70.3 Å². The molecule has 2 rings (SSSR count). The third kappa shape index (κ3) is 3.58. The fourth-order valence-electron chi connectivity index (χ4n) is 2.74. The zero-order valence-corrected chi connectivity index (χ0v) is 11.7. The Morgan fingerprint density at radius 1 is 1.22 bits per heavy atom. The molecule has 1 unspecified atom stereocenters. The summed E-state index contributed by atoms with van der Waals surface area (Å²) >= 11 is 0. The molecular weight excluding hydrogens is 218 g/mol. The first-order chi connectivity index (χ1) is 8.81. The Morgan fingerprint density at radius 3 is 2.72 bits per heavy atom. The smallest absolute Gasteiger partial charge is 0.0294 e. The van der Waals surface area contributed by atoms with E-state index in [1.165, 1.54) is 56.1 Å². The van der Waals surface area contributed by atoms with Crippen LogP contribution in [0.2, 0.25) is 0 Å². The molecule has 1 aromatic rings. The topological polar surface area (TPSA) is 26.0 Å². The lowest BCUT2D eigenvalue weighted by molar-refractivity contribution is 0.419. The fourth-order valence-corrected chi connectivity index (χ4v) is 2.74. The van der Waals surface area contributed by atoms with Crippen molar-refractivity contribution in [3.05, 3.63) is 35.4 Å². The summed E-state index contributed by atoms with van der Waals surface area (Å²) < 4.78 is 0. The van der Waals surface area contributed by atoms with Gasteiger partial charge in [0.25, 0.3) is 0 Å². The molecule has 0 aromatic heterocycles. The van der Waals surface area contributed by atoms with Crippen molar-refractivity contribution in [3.8, 4) is 0 Å². The van der Waals surface area contributed by atoms with Gasteiger partial charge in [0.15, 0.2) is 0 Å². The molecule has 1 heteroatoms. The van der Waals surface area contributed by atoms with Crippen LogP contribution in [0.15, 0.2) is 24.3 Å². The predicted octanol–water partition coefficient (Wildman–Crippen LogP) is 4.92. The highest BCUT2D eigenvalue weighted by Gasteiger charge is 2.19. The highest BCUT2D eigenvalue weighted by Crippen LogP contribution is 2.37. The lowest BCUT2D eigenvalue weighted by atomic mass is 9.79. The van der Waals surface area contributed by atoms with Gasteiger partial charge in [-0.25, -0.2) is 0 Å². The molecular formula is C17H27N. The Hall–Kier alpha value is -0.820. The van der Waals surface area contributed by atoms with Gasteiger partial charge < -0.3 is 5.73 Å². The quantitative estimate of drug-likeness (QED) is 0.678. The van der Waals surface area contributed by atoms with Gasteiger partial charge in [-0.15, -0.1) is 0 Å². The first-order valence-electron chi connectivity index (χ1n) is 7.66. The summed E-state index contributed by atoms with van der Waals surface area (Å²) in [4.78, 5) is 0. The minimum Gasteiger partial charge on any atom is -0.324 e. The van der Waals surface area contributed by atoms with E-state index in [0.717, 1.165) is 12.3 Å². The summed E-state index contributed by atoms with van der Waals surface area (Å²) in [6, 6.07) is 9.26. The Labute approximate surface area is 112 Å². The number of unbranched alkanes of at least 4 members (excludes halogenated alkanes) is 3. The minimum atomic E-state index is 0.238. The summed E-state index contributed by atoms with van der Waals surface area (Å²) in [5, 5.41) is 0. The number of benzene rings is 1. The second kappa shape index (κ2) is 6.94. The molecule has 100 valence electrons. The molecule has 18 heavy (non-hydrogen) atoms. The van der Waals surface area contributed by atoms with Crippen LogP contribution in [0.3, 0.4) is 0 Å². The van der Waals surface area contributed by atoms with E-state index in [0.29, 0.717) is 0 Å². The molecule has 1 aromatic carbocycles. The van der Waals surface area contributed by atoms with E-state index >= 15 is 0 Å². The Bertz CT molecular complexity index is 354. The van der Waals surface area contributed by atoms with Crippen LogP contribution in [-0.2, 0) is 0 Å². The second-order valence-corrected chi connectivity index (χ2v) is 5.75. The normalized spacial score (nSPS) is 17.4. The largest absolute Gasteiger partial charge is 0.324 e. The number of hydrogen-bond donors (Lipinski definition) is 1. The maximum absolute atomic E-state index is 6.31. The standard InChI is InChI=1S/C17H27N/c1-2-3-4-5-12-17(18)16-11-7-10-15(13-16)14-8-6-9-14/h7,10-11,13-14,17H,2-6,8-9,12,18H2,1H3. The van der Waals surface area contributed by atoms with E-state index in [9.17, 15) is 0 Å². The lowest BCUT2D eigenvalue weighted by Gasteiger charge is -2.26. The molecule has 0 amide bonds. The van der Waals surface area contributed by atoms with Crippen molar-refractivity contribution < 1.29 is 0 Å². The molecule has 1 fully saturated rings. The van der Waals surface area contributed by atoms with Gasteiger partial charge in [-0.05, 0) is 36.3 Å². The first kappa shape index (κ1) is 13.6. The highest BCUT2D eigenvalue weighted by atomic mass is 14.6. The molecule has 0 aliphatic heterocycles. The van der Waals surface area contributed by atoms with Crippen LogP contribution in [0.5, 0.6) is 0 Å². The summed E-state index contributed by atoms with van der Waals surface area (Å²) in [5.74, 6) is 0.817. The van der Waals surface area contributed by atoms with E-state index in [4.69, 9.17) is 5.73 Å². The Morgan fingerprint density at radius 2 is 2.06 bits per heavy atom. The highest BCUT2D eigenvalue weighted by molar-refractivity contribution is 5.29. The van der Waals surface area contributed by atoms with Crippen LogP contribution in [0.1, 0.15) is 81.4 Å². The van der Waals surface area contributed by atoms with E-state index in [2.05, 4.69) is 31.2 Å². The van der Waals surface area contributed by atoms with Crippen LogP contribution in [0, 0.1) is 0 Å². The zero-order chi connectivity index (χ0) is 12.8. The molecule has 1 atom stereocenters. The fraction of sp³-hybridized carbons (Fsp3) is 0.647. The van der Waals surface area contributed by atoms with Gasteiger partial charge in [-0.3, -0.25) is 0 Å². The molecule has 1 aliphatic carbocycles. The molecule has 1 aliphatic rings. The SMILES string of the molecule is CCCCCCC(N)c1cccc(C2CCC2)c1. The van der Waals surface area contributed by atoms with Crippen molar-refractivity contribution in [1.82, 2.24) is 0 Å². The van der Waals surface area contributed by atoms with Gasteiger partial charge in [0.1, 0.15) is 0 Å². The average molecular weight is 245 g/mol. The molecule has 0 spiro atoms. The first-order valence-corrected chi connectivity index (χ1v) is 7.66. The Kier molecular flexibility index (Phi) is 5.25. The molecule has 1 nitrogen and oxygen atoms in total. The molecule has 0 heterocycles. The maximum Gasteiger partial charge on any atom is 0.0294 e. The van der Waals surface area contributed by atoms with Gasteiger partial charge in [0, 0.05) is 6.04 Å². The van der Waals surface area contributed by atoms with Gasteiger partial charge in [-0.2, -0.15) is 0 Å². The van der Waals surface area contributed by atoms with Gasteiger partial charge >= 0.3 is 0 Å². The maximum atomic E-state index is 6.31. The summed E-state index contributed by atoms with van der Waals surface area (Å²) in [6.07, 6.45) is 10.5. The van der Waals surface area contributed by atoms with Crippen molar-refractivity contribution in [2.24, 2.45) is 5.73 Å². The van der Waals surface area contributed by atoms with Crippen LogP contribution < -0.4 is 5.73 Å². The van der Waals surface area contributed by atoms with E-state index in [-0.39, 0.29) is 6.04 Å². The summed E-state index contributed by atoms with van der Waals surface area (Å²) in [7, 11) is 0. The van der Waals surface area contributed by atoms with E-state index in [1.54, 1.807) is 0 Å². The second-order valence-electron chi connectivity index (χ2n) is 5.75. The minimum absolute atomic E-state index is 0.238.